The molecule has 1 saturated carbocycles. The number of unbranched alkanes of at least 4 members (excludes halogenated alkanes) is 5. The van der Waals surface area contributed by atoms with E-state index in [4.69, 9.17) is 5.73 Å². The minimum atomic E-state index is 0.462. The summed E-state index contributed by atoms with van der Waals surface area (Å²) < 4.78 is 0. The predicted molar refractivity (Wildman–Crippen MR) is 86.3 cm³/mol. The maximum Gasteiger partial charge on any atom is 0.00956 e. The van der Waals surface area contributed by atoms with Crippen molar-refractivity contribution in [3.63, 3.8) is 0 Å². The van der Waals surface area contributed by atoms with Crippen molar-refractivity contribution in [3.05, 3.63) is 0 Å². The van der Waals surface area contributed by atoms with E-state index in [0.29, 0.717) is 11.5 Å². The quantitative estimate of drug-likeness (QED) is 0.507. The summed E-state index contributed by atoms with van der Waals surface area (Å²) in [4.78, 5) is 0. The van der Waals surface area contributed by atoms with Gasteiger partial charge in [-0.3, -0.25) is 0 Å². The van der Waals surface area contributed by atoms with Crippen LogP contribution in [0.1, 0.15) is 97.8 Å². The maximum atomic E-state index is 6.60. The molecule has 0 saturated heterocycles. The fraction of sp³-hybridized carbons (Fsp3) is 1.00. The van der Waals surface area contributed by atoms with Crippen molar-refractivity contribution in [2.75, 3.05) is 0 Å². The molecule has 1 fully saturated rings. The lowest BCUT2D eigenvalue weighted by atomic mass is 9.71. The summed E-state index contributed by atoms with van der Waals surface area (Å²) in [7, 11) is 0. The van der Waals surface area contributed by atoms with Crippen molar-refractivity contribution in [2.24, 2.45) is 17.1 Å². The van der Waals surface area contributed by atoms with Crippen LogP contribution in [-0.2, 0) is 0 Å². The van der Waals surface area contributed by atoms with Crippen molar-refractivity contribution in [1.82, 2.24) is 0 Å². The molecule has 0 aromatic heterocycles. The van der Waals surface area contributed by atoms with E-state index in [2.05, 4.69) is 20.8 Å². The minimum Gasteiger partial charge on any atom is -0.327 e. The van der Waals surface area contributed by atoms with E-state index in [0.717, 1.165) is 5.92 Å². The van der Waals surface area contributed by atoms with Crippen LogP contribution in [0.25, 0.3) is 0 Å². The van der Waals surface area contributed by atoms with Gasteiger partial charge in [-0.2, -0.15) is 0 Å². The second kappa shape index (κ2) is 9.00. The molecule has 19 heavy (non-hydrogen) atoms. The fourth-order valence-corrected chi connectivity index (χ4v) is 4.07. The molecule has 1 heteroatoms. The van der Waals surface area contributed by atoms with Gasteiger partial charge in [0.2, 0.25) is 0 Å². The molecular formula is C18H37N. The summed E-state index contributed by atoms with van der Waals surface area (Å²) in [5.41, 5.74) is 7.10. The van der Waals surface area contributed by atoms with Crippen LogP contribution < -0.4 is 5.73 Å². The van der Waals surface area contributed by atoms with E-state index >= 15 is 0 Å². The van der Waals surface area contributed by atoms with Crippen LogP contribution in [0.15, 0.2) is 0 Å². The molecule has 0 spiro atoms. The molecule has 1 aliphatic rings. The van der Waals surface area contributed by atoms with Crippen LogP contribution in [0.5, 0.6) is 0 Å². The van der Waals surface area contributed by atoms with Crippen LogP contribution in [-0.4, -0.2) is 6.04 Å². The smallest absolute Gasteiger partial charge is 0.00956 e. The summed E-state index contributed by atoms with van der Waals surface area (Å²) in [6.45, 7) is 7.00. The first-order chi connectivity index (χ1) is 9.10. The molecule has 0 heterocycles. The van der Waals surface area contributed by atoms with Crippen molar-refractivity contribution < 1.29 is 0 Å². The van der Waals surface area contributed by atoms with Crippen molar-refractivity contribution >= 4 is 0 Å². The van der Waals surface area contributed by atoms with E-state index in [9.17, 15) is 0 Å². The van der Waals surface area contributed by atoms with Crippen LogP contribution in [0.4, 0.5) is 0 Å². The lowest BCUT2D eigenvalue weighted by Gasteiger charge is -2.37. The van der Waals surface area contributed by atoms with Gasteiger partial charge in [-0.1, -0.05) is 72.1 Å². The molecule has 114 valence electrons. The lowest BCUT2D eigenvalue weighted by Crippen LogP contribution is -2.40. The van der Waals surface area contributed by atoms with Gasteiger partial charge in [0.1, 0.15) is 0 Å². The van der Waals surface area contributed by atoms with Crippen molar-refractivity contribution in [1.29, 1.82) is 0 Å². The molecule has 1 aliphatic carbocycles. The highest BCUT2D eigenvalue weighted by Gasteiger charge is 2.39. The third-order valence-corrected chi connectivity index (χ3v) is 5.07. The van der Waals surface area contributed by atoms with Gasteiger partial charge in [0.15, 0.2) is 0 Å². The van der Waals surface area contributed by atoms with E-state index < -0.39 is 0 Å². The Hall–Kier alpha value is -0.0400. The minimum absolute atomic E-state index is 0.462. The first kappa shape index (κ1) is 17.0. The van der Waals surface area contributed by atoms with Crippen molar-refractivity contribution in [2.45, 2.75) is 104 Å². The lowest BCUT2D eigenvalue weighted by molar-refractivity contribution is 0.173. The molecule has 0 amide bonds. The van der Waals surface area contributed by atoms with Gasteiger partial charge < -0.3 is 5.73 Å². The molecule has 1 nitrogen and oxygen atoms in total. The molecule has 0 aromatic rings. The first-order valence-electron chi connectivity index (χ1n) is 8.86. The molecule has 2 N–H and O–H groups in total. The second-order valence-electron chi connectivity index (χ2n) is 7.33. The summed E-state index contributed by atoms with van der Waals surface area (Å²) in [5.74, 6) is 0.800. The Balaban J connectivity index is 2.26. The van der Waals surface area contributed by atoms with Gasteiger partial charge in [0.25, 0.3) is 0 Å². The number of hydrogen-bond donors (Lipinski definition) is 1. The Kier molecular flexibility index (Phi) is 8.06. The first-order valence-corrected chi connectivity index (χ1v) is 8.86. The summed E-state index contributed by atoms with van der Waals surface area (Å²) >= 11 is 0. The molecular weight excluding hydrogens is 230 g/mol. The zero-order chi connectivity index (χ0) is 14.1. The number of rotatable bonds is 10. The second-order valence-corrected chi connectivity index (χ2v) is 7.33. The summed E-state index contributed by atoms with van der Waals surface area (Å²) in [5, 5.41) is 0. The monoisotopic (exact) mass is 267 g/mol. The molecule has 1 unspecified atom stereocenters. The van der Waals surface area contributed by atoms with Gasteiger partial charge in [-0.25, -0.2) is 0 Å². The third kappa shape index (κ3) is 5.85. The van der Waals surface area contributed by atoms with E-state index in [-0.39, 0.29) is 0 Å². The SMILES string of the molecule is CCCCCCCCC(N)C1(CC(C)C)CCCC1. The molecule has 1 rings (SSSR count). The van der Waals surface area contributed by atoms with Crippen LogP contribution in [0.2, 0.25) is 0 Å². The fourth-order valence-electron chi connectivity index (χ4n) is 4.07. The topological polar surface area (TPSA) is 26.0 Å². The zero-order valence-corrected chi connectivity index (χ0v) is 13.7. The Morgan fingerprint density at radius 1 is 0.947 bits per heavy atom. The number of nitrogens with two attached hydrogens (primary N) is 1. The number of hydrogen-bond acceptors (Lipinski definition) is 1. The molecule has 0 aromatic carbocycles. The standard InChI is InChI=1S/C18H37N/c1-4-5-6-7-8-9-12-17(19)18(15-16(2)3)13-10-11-14-18/h16-17H,4-15,19H2,1-3H3. The molecule has 0 bridgehead atoms. The zero-order valence-electron chi connectivity index (χ0n) is 13.7. The summed E-state index contributed by atoms with van der Waals surface area (Å²) in [6, 6.07) is 0.462. The van der Waals surface area contributed by atoms with Gasteiger partial charge in [-0.05, 0) is 37.0 Å². The van der Waals surface area contributed by atoms with Crippen molar-refractivity contribution in [3.8, 4) is 0 Å². The Bertz CT molecular complexity index is 216. The van der Waals surface area contributed by atoms with Gasteiger partial charge in [0, 0.05) is 6.04 Å². The molecule has 0 radical (unpaired) electrons. The van der Waals surface area contributed by atoms with Crippen LogP contribution in [0.3, 0.4) is 0 Å². The summed E-state index contributed by atoms with van der Waals surface area (Å²) in [6.07, 6.45) is 16.6. The highest BCUT2D eigenvalue weighted by Crippen LogP contribution is 2.46. The Morgan fingerprint density at radius 3 is 2.11 bits per heavy atom. The normalized spacial score (nSPS) is 20.1. The Labute approximate surface area is 121 Å². The maximum absolute atomic E-state index is 6.60. The largest absolute Gasteiger partial charge is 0.327 e. The Morgan fingerprint density at radius 2 is 1.53 bits per heavy atom. The predicted octanol–water partition coefficient (Wildman–Crippen LogP) is 5.67. The average Bonchev–Trinajstić information content (AvgIpc) is 2.82. The van der Waals surface area contributed by atoms with Gasteiger partial charge >= 0.3 is 0 Å². The van der Waals surface area contributed by atoms with E-state index in [1.54, 1.807) is 0 Å². The molecule has 0 aliphatic heterocycles. The highest BCUT2D eigenvalue weighted by atomic mass is 14.7. The van der Waals surface area contributed by atoms with Gasteiger partial charge in [0.05, 0.1) is 0 Å². The van der Waals surface area contributed by atoms with Crippen LogP contribution in [0, 0.1) is 11.3 Å². The average molecular weight is 268 g/mol. The van der Waals surface area contributed by atoms with Gasteiger partial charge in [-0.15, -0.1) is 0 Å². The third-order valence-electron chi connectivity index (χ3n) is 5.07. The molecule has 1 atom stereocenters. The van der Waals surface area contributed by atoms with E-state index in [1.807, 2.05) is 0 Å². The van der Waals surface area contributed by atoms with E-state index in [1.165, 1.54) is 77.0 Å². The highest BCUT2D eigenvalue weighted by molar-refractivity contribution is 4.93. The van der Waals surface area contributed by atoms with Crippen LogP contribution >= 0.6 is 0 Å².